The van der Waals surface area contributed by atoms with Gasteiger partial charge in [0.25, 0.3) is 5.56 Å². The first-order valence-electron chi connectivity index (χ1n) is 12.2. The van der Waals surface area contributed by atoms with Crippen LogP contribution in [0.25, 0.3) is 16.6 Å². The molecule has 1 saturated heterocycles. The number of nitrogens with one attached hydrogen (secondary N) is 1. The number of fused-ring (bicyclic) bond motifs is 1. The number of aryl methyl sites for hydroxylation is 1. The normalized spacial score (nSPS) is 16.4. The summed E-state index contributed by atoms with van der Waals surface area (Å²) in [7, 11) is 0. The molecule has 0 spiro atoms. The summed E-state index contributed by atoms with van der Waals surface area (Å²) < 4.78 is 3.29. The molecule has 1 N–H and O–H groups in total. The lowest BCUT2D eigenvalue weighted by atomic mass is 9.90. The maximum absolute atomic E-state index is 13.1. The summed E-state index contributed by atoms with van der Waals surface area (Å²) in [5.74, 6) is 1.05. The van der Waals surface area contributed by atoms with Crippen molar-refractivity contribution in [1.29, 1.82) is 0 Å². The molecule has 2 aromatic heterocycles. The van der Waals surface area contributed by atoms with Gasteiger partial charge >= 0.3 is 0 Å². The Morgan fingerprint density at radius 1 is 1.09 bits per heavy atom. The van der Waals surface area contributed by atoms with E-state index in [4.69, 9.17) is 0 Å². The van der Waals surface area contributed by atoms with Crippen molar-refractivity contribution in [3.63, 3.8) is 0 Å². The third-order valence-electron chi connectivity index (χ3n) is 6.60. The van der Waals surface area contributed by atoms with E-state index in [9.17, 15) is 9.59 Å². The molecule has 1 aliphatic heterocycles. The van der Waals surface area contributed by atoms with E-state index in [1.54, 1.807) is 15.6 Å². The second kappa shape index (κ2) is 10.2. The predicted molar refractivity (Wildman–Crippen MR) is 137 cm³/mol. The van der Waals surface area contributed by atoms with Crippen molar-refractivity contribution in [2.24, 2.45) is 0 Å². The Balaban J connectivity index is 1.27. The lowest BCUT2D eigenvalue weighted by Gasteiger charge is -2.33. The number of nitrogens with zero attached hydrogens (tertiary/aromatic N) is 5. The van der Waals surface area contributed by atoms with Crippen LogP contribution in [-0.2, 0) is 11.3 Å². The number of aromatic nitrogens is 4. The Bertz CT molecular complexity index is 1380. The van der Waals surface area contributed by atoms with Crippen molar-refractivity contribution in [1.82, 2.24) is 24.5 Å². The molecule has 4 aromatic rings. The van der Waals surface area contributed by atoms with Gasteiger partial charge in [0.05, 0.1) is 5.39 Å². The van der Waals surface area contributed by atoms with Gasteiger partial charge in [-0.2, -0.15) is 5.10 Å². The molecule has 8 nitrogen and oxygen atoms in total. The van der Waals surface area contributed by atoms with E-state index < -0.39 is 0 Å². The predicted octanol–water partition coefficient (Wildman–Crippen LogP) is 3.81. The zero-order chi connectivity index (χ0) is 24.2. The number of likely N-dealkylation sites (tertiary alicyclic amines) is 1. The van der Waals surface area contributed by atoms with Gasteiger partial charge in [-0.1, -0.05) is 30.3 Å². The molecule has 3 heterocycles. The smallest absolute Gasteiger partial charge is 0.274 e. The molecule has 0 bridgehead atoms. The maximum Gasteiger partial charge on any atom is 0.274 e. The van der Waals surface area contributed by atoms with Gasteiger partial charge in [0, 0.05) is 43.5 Å². The van der Waals surface area contributed by atoms with Crippen molar-refractivity contribution in [3.05, 3.63) is 82.9 Å². The summed E-state index contributed by atoms with van der Waals surface area (Å²) in [6.07, 6.45) is 6.66. The molecule has 1 atom stereocenters. The zero-order valence-electron chi connectivity index (χ0n) is 19.9. The monoisotopic (exact) mass is 470 g/mol. The van der Waals surface area contributed by atoms with Gasteiger partial charge in [-0.05, 0) is 68.1 Å². The number of carbonyl (C=O) groups is 1. The van der Waals surface area contributed by atoms with Crippen LogP contribution in [0, 0.1) is 0 Å². The fraction of sp³-hybridized carbons (Fsp3) is 0.333. The highest BCUT2D eigenvalue weighted by molar-refractivity contribution is 5.88. The van der Waals surface area contributed by atoms with Gasteiger partial charge in [-0.25, -0.2) is 9.36 Å². The molecule has 1 unspecified atom stereocenters. The summed E-state index contributed by atoms with van der Waals surface area (Å²) >= 11 is 0. The Morgan fingerprint density at radius 2 is 1.94 bits per heavy atom. The summed E-state index contributed by atoms with van der Waals surface area (Å²) in [5.41, 5.74) is 2.04. The van der Waals surface area contributed by atoms with Gasteiger partial charge in [0.15, 0.2) is 5.82 Å². The van der Waals surface area contributed by atoms with Crippen LogP contribution in [0.1, 0.15) is 37.7 Å². The van der Waals surface area contributed by atoms with Crippen molar-refractivity contribution in [2.75, 3.05) is 25.0 Å². The SMILES string of the molecule is CC(=O)Nc1cccc(C2CCCN(CCCn3nc(-n4cccn4)c4ccccc4c3=O)C2)c1. The first kappa shape index (κ1) is 23.0. The molecule has 35 heavy (non-hydrogen) atoms. The molecular formula is C27H30N6O2. The average molecular weight is 471 g/mol. The van der Waals surface area contributed by atoms with Gasteiger partial charge in [-0.15, -0.1) is 5.10 Å². The van der Waals surface area contributed by atoms with E-state index in [-0.39, 0.29) is 11.5 Å². The minimum atomic E-state index is -0.0668. The second-order valence-electron chi connectivity index (χ2n) is 9.15. The Hall–Kier alpha value is -3.78. The average Bonchev–Trinajstić information content (AvgIpc) is 3.40. The minimum absolute atomic E-state index is 0.0549. The number of carbonyl (C=O) groups excluding carboxylic acids is 1. The maximum atomic E-state index is 13.1. The van der Waals surface area contributed by atoms with Gasteiger partial charge < -0.3 is 10.2 Å². The van der Waals surface area contributed by atoms with E-state index in [2.05, 4.69) is 32.5 Å². The second-order valence-corrected chi connectivity index (χ2v) is 9.15. The summed E-state index contributed by atoms with van der Waals surface area (Å²) in [4.78, 5) is 27.0. The number of anilines is 1. The first-order valence-corrected chi connectivity index (χ1v) is 12.2. The van der Waals surface area contributed by atoms with E-state index in [1.807, 2.05) is 48.7 Å². The molecule has 1 aliphatic rings. The molecule has 8 heteroatoms. The number of piperidine rings is 1. The number of hydrogen-bond acceptors (Lipinski definition) is 5. The van der Waals surface area contributed by atoms with Crippen LogP contribution in [0.5, 0.6) is 0 Å². The van der Waals surface area contributed by atoms with Crippen LogP contribution >= 0.6 is 0 Å². The van der Waals surface area contributed by atoms with Gasteiger partial charge in [0.2, 0.25) is 5.91 Å². The highest BCUT2D eigenvalue weighted by Gasteiger charge is 2.21. The molecule has 0 radical (unpaired) electrons. The standard InChI is InChI=1S/C27H30N6O2/c1-20(34)29-23-10-4-8-21(18-23)22-9-5-14-31(19-22)15-7-17-33-27(35)25-12-3-2-11-24(25)26(30-33)32-16-6-13-28-32/h2-4,6,8,10-13,16,18,22H,5,7,9,14-15,17,19H2,1H3,(H,29,34). The van der Waals surface area contributed by atoms with Gasteiger partial charge in [0.1, 0.15) is 0 Å². The molecule has 2 aromatic carbocycles. The summed E-state index contributed by atoms with van der Waals surface area (Å²) in [5, 5.41) is 13.3. The highest BCUT2D eigenvalue weighted by atomic mass is 16.1. The number of hydrogen-bond donors (Lipinski definition) is 1. The van der Waals surface area contributed by atoms with E-state index in [0.717, 1.165) is 50.0 Å². The third kappa shape index (κ3) is 5.17. The third-order valence-corrected chi connectivity index (χ3v) is 6.60. The van der Waals surface area contributed by atoms with E-state index >= 15 is 0 Å². The van der Waals surface area contributed by atoms with Crippen LogP contribution < -0.4 is 10.9 Å². The largest absolute Gasteiger partial charge is 0.326 e. The molecule has 180 valence electrons. The Labute approximate surface area is 204 Å². The fourth-order valence-corrected chi connectivity index (χ4v) is 4.98. The number of rotatable bonds is 7. The van der Waals surface area contributed by atoms with Crippen molar-refractivity contribution < 1.29 is 4.79 Å². The van der Waals surface area contributed by atoms with E-state index in [0.29, 0.717) is 23.7 Å². The highest BCUT2D eigenvalue weighted by Crippen LogP contribution is 2.28. The van der Waals surface area contributed by atoms with Crippen LogP contribution in [0.4, 0.5) is 5.69 Å². The lowest BCUT2D eigenvalue weighted by Crippen LogP contribution is -2.36. The first-order chi connectivity index (χ1) is 17.1. The summed E-state index contributed by atoms with van der Waals surface area (Å²) in [6, 6.07) is 17.6. The summed E-state index contributed by atoms with van der Waals surface area (Å²) in [6.45, 7) is 5.02. The van der Waals surface area contributed by atoms with Crippen molar-refractivity contribution >= 4 is 22.4 Å². The van der Waals surface area contributed by atoms with Crippen molar-refractivity contribution in [3.8, 4) is 5.82 Å². The number of benzene rings is 2. The molecule has 5 rings (SSSR count). The lowest BCUT2D eigenvalue weighted by molar-refractivity contribution is -0.114. The molecule has 0 aliphatic carbocycles. The molecule has 0 saturated carbocycles. The molecule has 1 fully saturated rings. The number of amides is 1. The van der Waals surface area contributed by atoms with Crippen LogP contribution in [0.15, 0.2) is 71.8 Å². The zero-order valence-corrected chi connectivity index (χ0v) is 19.9. The Morgan fingerprint density at radius 3 is 2.74 bits per heavy atom. The quantitative estimate of drug-likeness (QED) is 0.444. The fourth-order valence-electron chi connectivity index (χ4n) is 4.98. The van der Waals surface area contributed by atoms with Crippen LogP contribution in [-0.4, -0.2) is 50.0 Å². The van der Waals surface area contributed by atoms with Crippen LogP contribution in [0.3, 0.4) is 0 Å². The van der Waals surface area contributed by atoms with E-state index in [1.165, 1.54) is 12.5 Å². The topological polar surface area (TPSA) is 85.1 Å². The van der Waals surface area contributed by atoms with Crippen molar-refractivity contribution in [2.45, 2.75) is 38.6 Å². The minimum Gasteiger partial charge on any atom is -0.326 e. The Kier molecular flexibility index (Phi) is 6.72. The molecule has 1 amide bonds. The molecular weight excluding hydrogens is 440 g/mol. The van der Waals surface area contributed by atoms with Gasteiger partial charge in [-0.3, -0.25) is 9.59 Å². The van der Waals surface area contributed by atoms with Crippen LogP contribution in [0.2, 0.25) is 0 Å².